The number of nitrogens with zero attached hydrogens (tertiary/aromatic N) is 1. The molecule has 0 heterocycles. The number of ketones is 1. The van der Waals surface area contributed by atoms with Gasteiger partial charge in [0.2, 0.25) is 0 Å². The van der Waals surface area contributed by atoms with Gasteiger partial charge in [0.15, 0.2) is 5.78 Å². The number of Topliss-reactive ketones (excluding diaryl/α,β-unsaturated/α-hetero) is 1. The van der Waals surface area contributed by atoms with Crippen LogP contribution < -0.4 is 9.47 Å². The van der Waals surface area contributed by atoms with Gasteiger partial charge in [-0.25, -0.2) is 0 Å². The van der Waals surface area contributed by atoms with E-state index in [1.54, 1.807) is 27.0 Å². The van der Waals surface area contributed by atoms with E-state index in [2.05, 4.69) is 33.1 Å². The van der Waals surface area contributed by atoms with Gasteiger partial charge in [0.05, 0.1) is 25.4 Å². The van der Waals surface area contributed by atoms with Crippen molar-refractivity contribution in [2.45, 2.75) is 108 Å². The van der Waals surface area contributed by atoms with Crippen LogP contribution in [0.5, 0.6) is 11.5 Å². The van der Waals surface area contributed by atoms with Gasteiger partial charge in [-0.05, 0) is 93.5 Å². The van der Waals surface area contributed by atoms with Gasteiger partial charge in [0.25, 0.3) is 0 Å². The normalized spacial score (nSPS) is 11.0. The van der Waals surface area contributed by atoms with Crippen LogP contribution in [0.15, 0.2) is 84.5 Å². The van der Waals surface area contributed by atoms with Crippen LogP contribution in [0.3, 0.4) is 0 Å². The second-order valence-electron chi connectivity index (χ2n) is 10.6. The predicted molar refractivity (Wildman–Crippen MR) is 203 cm³/mol. The average Bonchev–Trinajstić information content (AvgIpc) is 3.08. The first-order valence-corrected chi connectivity index (χ1v) is 16.8. The zero-order valence-corrected chi connectivity index (χ0v) is 31.3. The Morgan fingerprint density at radius 3 is 1.94 bits per heavy atom. The average molecular weight is 644 g/mol. The quantitative estimate of drug-likeness (QED) is 0.126. The summed E-state index contributed by atoms with van der Waals surface area (Å²) in [4.78, 5) is 11.8. The summed E-state index contributed by atoms with van der Waals surface area (Å²) in [5.41, 5.74) is 7.59. The fraction of sp³-hybridized carbons (Fsp3) is 0.429. The van der Waals surface area contributed by atoms with E-state index in [1.165, 1.54) is 0 Å². The lowest BCUT2D eigenvalue weighted by atomic mass is 9.92. The SMILES string of the molecule is C=C(/C=C(\C)c1ccc(C(C)=O)cc1OC)/C(C)=C(\C=C/C)c1ccc(OC(CCC)CCC)c(C#N)c1.C=C(C)CO.CC.CC. The minimum Gasteiger partial charge on any atom is -0.496 e. The molecule has 258 valence electrons. The Labute approximate surface area is 287 Å². The number of aliphatic hydroxyl groups excluding tert-OH is 1. The van der Waals surface area contributed by atoms with E-state index >= 15 is 0 Å². The van der Waals surface area contributed by atoms with Crippen molar-refractivity contribution in [2.75, 3.05) is 13.7 Å². The number of aliphatic hydroxyl groups is 1. The molecule has 2 aromatic carbocycles. The molecule has 2 rings (SSSR count). The molecular weight excluding hydrogens is 582 g/mol. The summed E-state index contributed by atoms with van der Waals surface area (Å²) in [6.07, 6.45) is 10.2. The van der Waals surface area contributed by atoms with Gasteiger partial charge < -0.3 is 14.6 Å². The Balaban J connectivity index is 0. The van der Waals surface area contributed by atoms with Crippen molar-refractivity contribution < 1.29 is 19.4 Å². The van der Waals surface area contributed by atoms with Crippen molar-refractivity contribution in [3.63, 3.8) is 0 Å². The molecule has 2 aromatic rings. The van der Waals surface area contributed by atoms with Crippen LogP contribution in [0.25, 0.3) is 11.1 Å². The summed E-state index contributed by atoms with van der Waals surface area (Å²) in [6.45, 7) is 29.5. The van der Waals surface area contributed by atoms with Gasteiger partial charge in [-0.2, -0.15) is 5.26 Å². The highest BCUT2D eigenvalue weighted by Crippen LogP contribution is 2.33. The lowest BCUT2D eigenvalue weighted by Gasteiger charge is -2.19. The molecule has 0 amide bonds. The Bertz CT molecular complexity index is 1400. The van der Waals surface area contributed by atoms with Gasteiger partial charge in [-0.15, -0.1) is 0 Å². The summed E-state index contributed by atoms with van der Waals surface area (Å²) >= 11 is 0. The summed E-state index contributed by atoms with van der Waals surface area (Å²) in [5.74, 6) is 1.28. The summed E-state index contributed by atoms with van der Waals surface area (Å²) in [7, 11) is 1.60. The molecule has 0 aromatic heterocycles. The van der Waals surface area contributed by atoms with Gasteiger partial charge in [0.1, 0.15) is 17.6 Å². The minimum atomic E-state index is -0.00457. The maximum atomic E-state index is 11.8. The monoisotopic (exact) mass is 643 g/mol. The molecule has 1 N–H and O–H groups in total. The second kappa shape index (κ2) is 26.0. The van der Waals surface area contributed by atoms with E-state index in [0.717, 1.165) is 64.7 Å². The van der Waals surface area contributed by atoms with Crippen LogP contribution >= 0.6 is 0 Å². The lowest BCUT2D eigenvalue weighted by molar-refractivity contribution is 0.101. The van der Waals surface area contributed by atoms with E-state index in [-0.39, 0.29) is 18.5 Å². The minimum absolute atomic E-state index is 0.00457. The van der Waals surface area contributed by atoms with Crippen molar-refractivity contribution >= 4 is 16.9 Å². The highest BCUT2D eigenvalue weighted by atomic mass is 16.5. The molecule has 0 bridgehead atoms. The standard InChI is InChI=1S/C34H41NO3.C4H8O.2C2H6/c1-9-12-30(13-10-2)38-33-18-16-28(20-29(33)22-35)32(14-11-3)25(6)23(4)19-24(5)31-17-15-27(26(7)36)21-34(31)37-8;1-4(2)3-5;2*1-2/h11,14-21,30H,4,9-10,12-13H2,1-3,5-8H3;5H,1,3H2,2H3;2*1-2H3/b14-11-,24-19+,32-25+;;;. The second-order valence-corrected chi connectivity index (χ2v) is 10.6. The van der Waals surface area contributed by atoms with E-state index in [1.807, 2.05) is 97.0 Å². The largest absolute Gasteiger partial charge is 0.496 e. The van der Waals surface area contributed by atoms with Crippen molar-refractivity contribution in [3.05, 3.63) is 107 Å². The third-order valence-electron chi connectivity index (χ3n) is 6.84. The molecule has 0 aliphatic rings. The molecule has 0 saturated carbocycles. The third-order valence-corrected chi connectivity index (χ3v) is 6.84. The number of carbonyl (C=O) groups excluding carboxylic acids is 1. The number of ether oxygens (including phenoxy) is 2. The Morgan fingerprint density at radius 2 is 1.49 bits per heavy atom. The number of methoxy groups -OCH3 is 1. The van der Waals surface area contributed by atoms with E-state index in [9.17, 15) is 10.1 Å². The number of allylic oxidation sites excluding steroid dienone is 7. The van der Waals surface area contributed by atoms with Gasteiger partial charge >= 0.3 is 0 Å². The Hall–Kier alpha value is -4.14. The van der Waals surface area contributed by atoms with Crippen molar-refractivity contribution in [2.24, 2.45) is 0 Å². The number of carbonyl (C=O) groups is 1. The highest BCUT2D eigenvalue weighted by molar-refractivity contribution is 5.95. The molecule has 0 atom stereocenters. The molecule has 0 unspecified atom stereocenters. The zero-order chi connectivity index (χ0) is 36.5. The maximum Gasteiger partial charge on any atom is 0.159 e. The molecule has 5 heteroatoms. The molecule has 47 heavy (non-hydrogen) atoms. The first-order chi connectivity index (χ1) is 22.5. The number of nitriles is 1. The van der Waals surface area contributed by atoms with Gasteiger partial charge in [0, 0.05) is 11.1 Å². The molecular formula is C42H61NO4. The highest BCUT2D eigenvalue weighted by Gasteiger charge is 2.15. The van der Waals surface area contributed by atoms with Crippen molar-refractivity contribution in [1.29, 1.82) is 5.26 Å². The van der Waals surface area contributed by atoms with Crippen molar-refractivity contribution in [1.82, 2.24) is 0 Å². The molecule has 0 spiro atoms. The molecule has 0 saturated heterocycles. The van der Waals surface area contributed by atoms with Crippen LogP contribution in [0.2, 0.25) is 0 Å². The van der Waals surface area contributed by atoms with Crippen LogP contribution in [0.1, 0.15) is 129 Å². The molecule has 0 radical (unpaired) electrons. The zero-order valence-electron chi connectivity index (χ0n) is 31.3. The summed E-state index contributed by atoms with van der Waals surface area (Å²) < 4.78 is 11.8. The number of rotatable bonds is 14. The molecule has 0 aliphatic heterocycles. The van der Waals surface area contributed by atoms with Gasteiger partial charge in [-0.3, -0.25) is 4.79 Å². The molecule has 0 fully saturated rings. The fourth-order valence-electron chi connectivity index (χ4n) is 4.43. The molecule has 0 aliphatic carbocycles. The summed E-state index contributed by atoms with van der Waals surface area (Å²) in [5, 5.41) is 17.9. The maximum absolute atomic E-state index is 11.8. The smallest absolute Gasteiger partial charge is 0.159 e. The van der Waals surface area contributed by atoms with E-state index in [4.69, 9.17) is 14.6 Å². The fourth-order valence-corrected chi connectivity index (χ4v) is 4.43. The van der Waals surface area contributed by atoms with E-state index < -0.39 is 0 Å². The first-order valence-electron chi connectivity index (χ1n) is 16.8. The predicted octanol–water partition coefficient (Wildman–Crippen LogP) is 11.7. The molecule has 5 nitrogen and oxygen atoms in total. The number of hydrogen-bond donors (Lipinski definition) is 1. The van der Waals surface area contributed by atoms with Gasteiger partial charge in [-0.1, -0.05) is 110 Å². The van der Waals surface area contributed by atoms with Crippen LogP contribution in [-0.2, 0) is 0 Å². The Morgan fingerprint density at radius 1 is 0.936 bits per heavy atom. The summed E-state index contributed by atoms with van der Waals surface area (Å²) in [6, 6.07) is 13.6. The number of benzene rings is 2. The lowest BCUT2D eigenvalue weighted by Crippen LogP contribution is -2.16. The van der Waals surface area contributed by atoms with Crippen LogP contribution in [0.4, 0.5) is 0 Å². The topological polar surface area (TPSA) is 79.5 Å². The van der Waals surface area contributed by atoms with Crippen LogP contribution in [-0.4, -0.2) is 30.7 Å². The van der Waals surface area contributed by atoms with Crippen LogP contribution in [0, 0.1) is 11.3 Å². The number of hydrogen-bond acceptors (Lipinski definition) is 5. The van der Waals surface area contributed by atoms with Crippen molar-refractivity contribution in [3.8, 4) is 17.6 Å². The third kappa shape index (κ3) is 15.8. The Kier molecular flexibility index (Phi) is 24.9. The first kappa shape index (κ1) is 45.0. The van der Waals surface area contributed by atoms with E-state index in [0.29, 0.717) is 22.6 Å².